The van der Waals surface area contributed by atoms with Gasteiger partial charge in [0.1, 0.15) is 12.6 Å². The van der Waals surface area contributed by atoms with Crippen LogP contribution in [0.1, 0.15) is 5.56 Å². The molecule has 0 spiro atoms. The lowest BCUT2D eigenvalue weighted by Gasteiger charge is -2.14. The van der Waals surface area contributed by atoms with E-state index in [9.17, 15) is 24.1 Å². The molecule has 0 saturated heterocycles. The predicted molar refractivity (Wildman–Crippen MR) is 68.2 cm³/mol. The molecule has 21 heavy (non-hydrogen) atoms. The molecule has 0 heterocycles. The van der Waals surface area contributed by atoms with E-state index in [2.05, 4.69) is 10.1 Å². The first-order chi connectivity index (χ1) is 9.85. The Kier molecular flexibility index (Phi) is 5.73. The molecule has 1 aromatic carbocycles. The summed E-state index contributed by atoms with van der Waals surface area (Å²) in [5.41, 5.74) is -0.534. The lowest BCUT2D eigenvalue weighted by molar-refractivity contribution is -0.387. The summed E-state index contributed by atoms with van der Waals surface area (Å²) in [7, 11) is 1.28. The first-order valence-corrected chi connectivity index (χ1v) is 5.79. The van der Waals surface area contributed by atoms with Crippen LogP contribution in [-0.4, -0.2) is 41.7 Å². The van der Waals surface area contributed by atoms with Crippen LogP contribution in [0.15, 0.2) is 18.2 Å². The number of nitro benzene ring substituents is 1. The van der Waals surface area contributed by atoms with E-state index in [4.69, 9.17) is 5.11 Å². The predicted octanol–water partition coefficient (Wildman–Crippen LogP) is 0.492. The van der Waals surface area contributed by atoms with Gasteiger partial charge in [0, 0.05) is 19.6 Å². The highest BCUT2D eigenvalue weighted by Gasteiger charge is 2.22. The summed E-state index contributed by atoms with van der Waals surface area (Å²) in [5.74, 6) is -2.97. The number of methoxy groups -OCH3 is 1. The highest BCUT2D eigenvalue weighted by molar-refractivity contribution is 5.84. The lowest BCUT2D eigenvalue weighted by Crippen LogP contribution is -2.43. The maximum atomic E-state index is 13.2. The quantitative estimate of drug-likeness (QED) is 0.559. The molecule has 0 aliphatic rings. The summed E-state index contributed by atoms with van der Waals surface area (Å²) in [6, 6.07) is 1.75. The molecular weight excluding hydrogens is 287 g/mol. The van der Waals surface area contributed by atoms with E-state index >= 15 is 0 Å². The van der Waals surface area contributed by atoms with Crippen molar-refractivity contribution in [1.29, 1.82) is 0 Å². The number of hydrogen-bond donors (Lipinski definition) is 2. The van der Waals surface area contributed by atoms with Gasteiger partial charge >= 0.3 is 11.7 Å². The fourth-order valence-electron chi connectivity index (χ4n) is 1.63. The number of aliphatic carboxylic acids is 1. The van der Waals surface area contributed by atoms with Crippen molar-refractivity contribution in [2.24, 2.45) is 0 Å². The van der Waals surface area contributed by atoms with Crippen molar-refractivity contribution >= 4 is 17.6 Å². The maximum Gasteiger partial charge on any atom is 0.326 e. The number of nitrogens with one attached hydrogen (secondary N) is 1. The van der Waals surface area contributed by atoms with Gasteiger partial charge in [0.2, 0.25) is 11.7 Å². The Hall–Kier alpha value is -2.55. The van der Waals surface area contributed by atoms with Crippen molar-refractivity contribution in [2.45, 2.75) is 12.5 Å². The number of carbonyl (C=O) groups excluding carboxylic acids is 1. The van der Waals surface area contributed by atoms with Crippen molar-refractivity contribution in [3.05, 3.63) is 39.7 Å². The fourth-order valence-corrected chi connectivity index (χ4v) is 1.63. The summed E-state index contributed by atoms with van der Waals surface area (Å²) in [4.78, 5) is 32.1. The second-order valence-electron chi connectivity index (χ2n) is 4.14. The maximum absolute atomic E-state index is 13.2. The summed E-state index contributed by atoms with van der Waals surface area (Å²) < 4.78 is 17.7. The van der Waals surface area contributed by atoms with Gasteiger partial charge in [0.15, 0.2) is 0 Å². The number of ether oxygens (including phenoxy) is 1. The van der Waals surface area contributed by atoms with Crippen molar-refractivity contribution in [2.75, 3.05) is 13.7 Å². The largest absolute Gasteiger partial charge is 0.480 e. The second-order valence-corrected chi connectivity index (χ2v) is 4.14. The van der Waals surface area contributed by atoms with Gasteiger partial charge < -0.3 is 15.2 Å². The lowest BCUT2D eigenvalue weighted by atomic mass is 10.0. The first-order valence-electron chi connectivity index (χ1n) is 5.79. The normalized spacial score (nSPS) is 11.7. The molecule has 1 rings (SSSR count). The van der Waals surface area contributed by atoms with E-state index < -0.39 is 34.3 Å². The standard InChI is InChI=1S/C12H13FN2O6/c1-21-6-11(16)14-9(12(17)18)4-7-2-3-8(13)10(5-7)15(19)20/h2-3,5,9H,4,6H2,1H3,(H,14,16)(H,17,18)/t9-/m1/s1. The second kappa shape index (κ2) is 7.29. The number of benzene rings is 1. The van der Waals surface area contributed by atoms with Crippen LogP contribution in [0, 0.1) is 15.9 Å². The van der Waals surface area contributed by atoms with Crippen molar-refractivity contribution in [3.63, 3.8) is 0 Å². The van der Waals surface area contributed by atoms with Gasteiger partial charge in [-0.2, -0.15) is 4.39 Å². The molecule has 0 unspecified atom stereocenters. The SMILES string of the molecule is COCC(=O)N[C@H](Cc1ccc(F)c([N+](=O)[O-])c1)C(=O)O. The third-order valence-electron chi connectivity index (χ3n) is 2.56. The molecule has 0 aromatic heterocycles. The highest BCUT2D eigenvalue weighted by Crippen LogP contribution is 2.19. The number of halogens is 1. The molecule has 0 fully saturated rings. The number of nitrogens with zero attached hydrogens (tertiary/aromatic N) is 1. The van der Waals surface area contributed by atoms with Crippen LogP contribution in [-0.2, 0) is 20.7 Å². The Morgan fingerprint density at radius 1 is 1.52 bits per heavy atom. The summed E-state index contributed by atoms with van der Waals surface area (Å²) in [5, 5.41) is 21.8. The van der Waals surface area contributed by atoms with Gasteiger partial charge in [-0.3, -0.25) is 14.9 Å². The molecule has 8 nitrogen and oxygen atoms in total. The van der Waals surface area contributed by atoms with Crippen molar-refractivity contribution < 1.29 is 28.7 Å². The van der Waals surface area contributed by atoms with Gasteiger partial charge in [-0.15, -0.1) is 0 Å². The Labute approximate surface area is 118 Å². The molecule has 0 saturated carbocycles. The molecule has 0 aliphatic heterocycles. The Bertz CT molecular complexity index is 563. The zero-order chi connectivity index (χ0) is 16.0. The third-order valence-corrected chi connectivity index (χ3v) is 2.56. The van der Waals surface area contributed by atoms with E-state index in [1.54, 1.807) is 0 Å². The molecule has 0 radical (unpaired) electrons. The minimum atomic E-state index is -1.31. The monoisotopic (exact) mass is 300 g/mol. The highest BCUT2D eigenvalue weighted by atomic mass is 19.1. The zero-order valence-electron chi connectivity index (χ0n) is 11.0. The summed E-state index contributed by atoms with van der Waals surface area (Å²) in [6.45, 7) is -0.312. The van der Waals surface area contributed by atoms with Crippen molar-refractivity contribution in [3.8, 4) is 0 Å². The number of amides is 1. The number of carboxylic acids is 1. The minimum absolute atomic E-state index is 0.216. The minimum Gasteiger partial charge on any atom is -0.480 e. The van der Waals surface area contributed by atoms with Crippen LogP contribution in [0.4, 0.5) is 10.1 Å². The average molecular weight is 300 g/mol. The molecule has 2 N–H and O–H groups in total. The fraction of sp³-hybridized carbons (Fsp3) is 0.333. The number of rotatable bonds is 7. The zero-order valence-corrected chi connectivity index (χ0v) is 11.0. The first kappa shape index (κ1) is 16.5. The average Bonchev–Trinajstić information content (AvgIpc) is 2.39. The summed E-state index contributed by atoms with van der Waals surface area (Å²) in [6.07, 6.45) is -0.216. The smallest absolute Gasteiger partial charge is 0.326 e. The van der Waals surface area contributed by atoms with Crippen LogP contribution in [0.2, 0.25) is 0 Å². The Morgan fingerprint density at radius 2 is 2.19 bits per heavy atom. The topological polar surface area (TPSA) is 119 Å². The van der Waals surface area contributed by atoms with Gasteiger partial charge in [-0.05, 0) is 11.6 Å². The molecule has 9 heteroatoms. The number of hydrogen-bond acceptors (Lipinski definition) is 5. The number of nitro groups is 1. The van der Waals surface area contributed by atoms with Crippen LogP contribution in [0.3, 0.4) is 0 Å². The van der Waals surface area contributed by atoms with Crippen molar-refractivity contribution in [1.82, 2.24) is 5.32 Å². The Balaban J connectivity index is 2.89. The van der Waals surface area contributed by atoms with Crippen LogP contribution < -0.4 is 5.32 Å². The number of carbonyl (C=O) groups is 2. The molecule has 0 bridgehead atoms. The summed E-state index contributed by atoms with van der Waals surface area (Å²) >= 11 is 0. The number of carboxylic acid groups (broad SMARTS) is 1. The van der Waals surface area contributed by atoms with Gasteiger partial charge in [0.05, 0.1) is 4.92 Å². The van der Waals surface area contributed by atoms with Gasteiger partial charge in [0.25, 0.3) is 0 Å². The van der Waals surface area contributed by atoms with E-state index in [-0.39, 0.29) is 18.6 Å². The molecule has 1 amide bonds. The van der Waals surface area contributed by atoms with E-state index in [1.165, 1.54) is 13.2 Å². The molecular formula is C12H13FN2O6. The van der Waals surface area contributed by atoms with Gasteiger partial charge in [-0.1, -0.05) is 6.07 Å². The van der Waals surface area contributed by atoms with Crippen LogP contribution in [0.5, 0.6) is 0 Å². The van der Waals surface area contributed by atoms with E-state index in [1.807, 2.05) is 0 Å². The molecule has 1 aromatic rings. The molecule has 0 aliphatic carbocycles. The van der Waals surface area contributed by atoms with E-state index in [0.717, 1.165) is 12.1 Å². The van der Waals surface area contributed by atoms with E-state index in [0.29, 0.717) is 0 Å². The van der Waals surface area contributed by atoms with Crippen LogP contribution >= 0.6 is 0 Å². The molecule has 114 valence electrons. The Morgan fingerprint density at radius 3 is 2.71 bits per heavy atom. The van der Waals surface area contributed by atoms with Crippen LogP contribution in [0.25, 0.3) is 0 Å². The van der Waals surface area contributed by atoms with Gasteiger partial charge in [-0.25, -0.2) is 4.79 Å². The third kappa shape index (κ3) is 4.80. The molecule has 1 atom stereocenters.